The van der Waals surface area contributed by atoms with Crippen molar-refractivity contribution in [2.24, 2.45) is 0 Å². The van der Waals surface area contributed by atoms with Crippen LogP contribution in [0, 0.1) is 0 Å². The Labute approximate surface area is 204 Å². The third-order valence-electron chi connectivity index (χ3n) is 6.13. The summed E-state index contributed by atoms with van der Waals surface area (Å²) in [6, 6.07) is 16.4. The lowest BCUT2D eigenvalue weighted by Crippen LogP contribution is -2.25. The lowest BCUT2D eigenvalue weighted by Gasteiger charge is -2.25. The van der Waals surface area contributed by atoms with E-state index in [9.17, 15) is 13.0 Å². The van der Waals surface area contributed by atoms with Crippen LogP contribution in [0.1, 0.15) is 57.1 Å². The van der Waals surface area contributed by atoms with E-state index in [4.69, 9.17) is 0 Å². The Balaban J connectivity index is 1.76. The van der Waals surface area contributed by atoms with Crippen molar-refractivity contribution in [2.75, 3.05) is 18.0 Å². The van der Waals surface area contributed by atoms with Crippen LogP contribution in [0.5, 0.6) is 0 Å². The zero-order valence-electron chi connectivity index (χ0n) is 20.2. The van der Waals surface area contributed by atoms with Crippen LogP contribution in [0.25, 0.3) is 16.8 Å². The van der Waals surface area contributed by atoms with Crippen molar-refractivity contribution in [3.63, 3.8) is 0 Å². The molecule has 1 heterocycles. The van der Waals surface area contributed by atoms with Gasteiger partial charge in [0, 0.05) is 31.2 Å². The van der Waals surface area contributed by atoms with E-state index in [1.165, 1.54) is 31.4 Å². The van der Waals surface area contributed by atoms with E-state index in [0.29, 0.717) is 12.8 Å². The first-order valence-corrected chi connectivity index (χ1v) is 13.7. The SMILES string of the molecule is CCCCN(CCCC)c1ccc2cc(C=CC(CCc3ccncc3)S(=O)(=O)O)ccc2c1. The molecule has 0 spiro atoms. The Morgan fingerprint density at radius 2 is 1.59 bits per heavy atom. The maximum atomic E-state index is 11.9. The van der Waals surface area contributed by atoms with Crippen molar-refractivity contribution in [3.05, 3.63) is 78.1 Å². The maximum Gasteiger partial charge on any atom is 0.271 e. The number of hydrogen-bond donors (Lipinski definition) is 1. The number of unbranched alkanes of at least 4 members (excludes halogenated alkanes) is 2. The van der Waals surface area contributed by atoms with Gasteiger partial charge in [0.05, 0.1) is 0 Å². The summed E-state index contributed by atoms with van der Waals surface area (Å²) in [7, 11) is -4.19. The normalized spacial score (nSPS) is 12.9. The van der Waals surface area contributed by atoms with Crippen LogP contribution in [0.3, 0.4) is 0 Å². The van der Waals surface area contributed by atoms with Crippen molar-refractivity contribution in [2.45, 2.75) is 57.6 Å². The topological polar surface area (TPSA) is 70.5 Å². The smallest absolute Gasteiger partial charge is 0.271 e. The van der Waals surface area contributed by atoms with Crippen LogP contribution < -0.4 is 4.90 Å². The molecule has 3 aromatic rings. The Morgan fingerprint density at radius 3 is 2.24 bits per heavy atom. The van der Waals surface area contributed by atoms with Crippen LogP contribution in [-0.2, 0) is 16.5 Å². The van der Waals surface area contributed by atoms with Gasteiger partial charge >= 0.3 is 0 Å². The highest BCUT2D eigenvalue weighted by molar-refractivity contribution is 7.86. The molecule has 0 aliphatic heterocycles. The van der Waals surface area contributed by atoms with Crippen LogP contribution in [0.15, 0.2) is 67.0 Å². The van der Waals surface area contributed by atoms with E-state index < -0.39 is 15.4 Å². The number of fused-ring (bicyclic) bond motifs is 1. The molecule has 0 bridgehead atoms. The van der Waals surface area contributed by atoms with E-state index in [-0.39, 0.29) is 0 Å². The summed E-state index contributed by atoms with van der Waals surface area (Å²) in [5, 5.41) is 1.32. The van der Waals surface area contributed by atoms with E-state index in [1.54, 1.807) is 24.5 Å². The summed E-state index contributed by atoms with van der Waals surface area (Å²) in [5.74, 6) is 0. The maximum absolute atomic E-state index is 11.9. The van der Waals surface area contributed by atoms with E-state index in [2.05, 4.69) is 54.1 Å². The highest BCUT2D eigenvalue weighted by Crippen LogP contribution is 2.25. The van der Waals surface area contributed by atoms with Gasteiger partial charge in [-0.1, -0.05) is 57.0 Å². The first-order valence-electron chi connectivity index (χ1n) is 12.2. The fourth-order valence-corrected chi connectivity index (χ4v) is 4.73. The molecular weight excluding hydrogens is 444 g/mol. The Hall–Kier alpha value is -2.70. The van der Waals surface area contributed by atoms with Crippen LogP contribution in [0.4, 0.5) is 5.69 Å². The number of pyridine rings is 1. The van der Waals surface area contributed by atoms with Gasteiger partial charge in [-0.15, -0.1) is 0 Å². The van der Waals surface area contributed by atoms with Crippen molar-refractivity contribution in [1.82, 2.24) is 4.98 Å². The van der Waals surface area contributed by atoms with Gasteiger partial charge in [-0.3, -0.25) is 9.54 Å². The second-order valence-electron chi connectivity index (χ2n) is 8.79. The number of benzene rings is 2. The van der Waals surface area contributed by atoms with Gasteiger partial charge in [0.15, 0.2) is 0 Å². The summed E-state index contributed by atoms with van der Waals surface area (Å²) >= 11 is 0. The van der Waals surface area contributed by atoms with Crippen molar-refractivity contribution < 1.29 is 13.0 Å². The van der Waals surface area contributed by atoms with Crippen molar-refractivity contribution in [1.29, 1.82) is 0 Å². The molecule has 1 N–H and O–H groups in total. The molecule has 0 aliphatic rings. The molecule has 3 rings (SSSR count). The Bertz CT molecular complexity index is 1170. The lowest BCUT2D eigenvalue weighted by molar-refractivity contribution is 0.472. The zero-order valence-corrected chi connectivity index (χ0v) is 21.0. The van der Waals surface area contributed by atoms with Gasteiger partial charge in [-0.2, -0.15) is 8.42 Å². The molecule has 0 aliphatic carbocycles. The molecule has 0 saturated heterocycles. The van der Waals surface area contributed by atoms with Gasteiger partial charge < -0.3 is 4.90 Å². The fourth-order valence-electron chi connectivity index (χ4n) is 4.04. The average Bonchev–Trinajstić information content (AvgIpc) is 2.83. The molecule has 0 amide bonds. The third kappa shape index (κ3) is 7.67. The van der Waals surface area contributed by atoms with Crippen LogP contribution in [0.2, 0.25) is 0 Å². The van der Waals surface area contributed by atoms with Crippen molar-refractivity contribution in [3.8, 4) is 0 Å². The number of anilines is 1. The Kier molecular flexibility index (Phi) is 9.66. The molecule has 0 fully saturated rings. The summed E-state index contributed by atoms with van der Waals surface area (Å²) < 4.78 is 33.6. The molecule has 0 radical (unpaired) electrons. The monoisotopic (exact) mass is 480 g/mol. The molecule has 2 aromatic carbocycles. The van der Waals surface area contributed by atoms with Gasteiger partial charge in [0.2, 0.25) is 0 Å². The van der Waals surface area contributed by atoms with Gasteiger partial charge in [-0.05, 0) is 77.9 Å². The summed E-state index contributed by atoms with van der Waals surface area (Å²) in [6.45, 7) is 6.58. The molecule has 1 atom stereocenters. The molecule has 6 heteroatoms. The number of aromatic nitrogens is 1. The number of rotatable bonds is 13. The van der Waals surface area contributed by atoms with E-state index in [1.807, 2.05) is 18.2 Å². The largest absolute Gasteiger partial charge is 0.372 e. The predicted molar refractivity (Wildman–Crippen MR) is 143 cm³/mol. The first kappa shape index (κ1) is 25.9. The fraction of sp³-hybridized carbons (Fsp3) is 0.393. The summed E-state index contributed by atoms with van der Waals surface area (Å²) in [5.41, 5.74) is 3.15. The van der Waals surface area contributed by atoms with Gasteiger partial charge in [-0.25, -0.2) is 0 Å². The number of nitrogens with zero attached hydrogens (tertiary/aromatic N) is 2. The molecule has 1 unspecified atom stereocenters. The molecule has 5 nitrogen and oxygen atoms in total. The lowest BCUT2D eigenvalue weighted by atomic mass is 10.0. The molecule has 34 heavy (non-hydrogen) atoms. The van der Waals surface area contributed by atoms with Gasteiger partial charge in [0.25, 0.3) is 10.1 Å². The number of aryl methyl sites for hydroxylation is 1. The second kappa shape index (κ2) is 12.7. The average molecular weight is 481 g/mol. The molecule has 182 valence electrons. The van der Waals surface area contributed by atoms with E-state index in [0.717, 1.165) is 35.0 Å². The second-order valence-corrected chi connectivity index (χ2v) is 10.4. The molecule has 1 aromatic heterocycles. The minimum atomic E-state index is -4.19. The van der Waals surface area contributed by atoms with Gasteiger partial charge in [0.1, 0.15) is 5.25 Å². The van der Waals surface area contributed by atoms with Crippen LogP contribution in [-0.4, -0.2) is 36.3 Å². The molecular formula is C28H36N2O3S. The van der Waals surface area contributed by atoms with E-state index >= 15 is 0 Å². The summed E-state index contributed by atoms with van der Waals surface area (Å²) in [6.07, 6.45) is 12.3. The Morgan fingerprint density at radius 1 is 0.941 bits per heavy atom. The highest BCUT2D eigenvalue weighted by atomic mass is 32.2. The molecule has 0 saturated carbocycles. The standard InChI is InChI=1S/C28H36N2O3S/c1-3-5-19-30(20-6-4-2)27-12-11-25-21-24(7-10-26(25)22-27)9-14-28(34(31,32)33)13-8-23-15-17-29-18-16-23/h7,9-12,14-18,21-22,28H,3-6,8,13,19-20H2,1-2H3,(H,31,32,33). The predicted octanol–water partition coefficient (Wildman–Crippen LogP) is 6.54. The highest BCUT2D eigenvalue weighted by Gasteiger charge is 2.19. The summed E-state index contributed by atoms with van der Waals surface area (Å²) in [4.78, 5) is 6.45. The quantitative estimate of drug-likeness (QED) is 0.281. The first-order chi connectivity index (χ1) is 16.4. The third-order valence-corrected chi connectivity index (χ3v) is 7.29. The number of hydrogen-bond acceptors (Lipinski definition) is 4. The minimum absolute atomic E-state index is 0.307. The van der Waals surface area contributed by atoms with Crippen molar-refractivity contribution >= 4 is 32.7 Å². The van der Waals surface area contributed by atoms with Crippen LogP contribution >= 0.6 is 0 Å². The zero-order chi connectivity index (χ0) is 24.4. The minimum Gasteiger partial charge on any atom is -0.372 e.